The van der Waals surface area contributed by atoms with Crippen LogP contribution in [0.5, 0.6) is 11.5 Å². The number of methoxy groups -OCH3 is 2. The lowest BCUT2D eigenvalue weighted by molar-refractivity contribution is -0.126. The van der Waals surface area contributed by atoms with E-state index in [1.807, 2.05) is 0 Å². The van der Waals surface area contributed by atoms with E-state index >= 15 is 0 Å². The van der Waals surface area contributed by atoms with E-state index in [2.05, 4.69) is 0 Å². The molecule has 12 heteroatoms. The first-order chi connectivity index (χ1) is 15.5. The van der Waals surface area contributed by atoms with Crippen LogP contribution in [0.25, 0.3) is 6.08 Å². The topological polar surface area (TPSA) is 116 Å². The summed E-state index contributed by atoms with van der Waals surface area (Å²) in [6.45, 7) is -0.834. The van der Waals surface area contributed by atoms with Gasteiger partial charge in [0.15, 0.2) is 5.78 Å². The Morgan fingerprint density at radius 2 is 1.79 bits per heavy atom. The van der Waals surface area contributed by atoms with Crippen LogP contribution in [0, 0.1) is 5.82 Å². The van der Waals surface area contributed by atoms with Crippen molar-refractivity contribution in [2.45, 2.75) is 17.4 Å². The zero-order valence-corrected chi connectivity index (χ0v) is 19.8. The van der Waals surface area contributed by atoms with Gasteiger partial charge in [-0.15, -0.1) is 0 Å². The van der Waals surface area contributed by atoms with Gasteiger partial charge in [0.2, 0.25) is 0 Å². The molecular weight excluding hydrogens is 498 g/mol. The monoisotopic (exact) mass is 516 g/mol. The lowest BCUT2D eigenvalue weighted by Gasteiger charge is -2.22. The molecule has 3 rings (SSSR count). The zero-order chi connectivity index (χ0) is 24.5. The van der Waals surface area contributed by atoms with Crippen molar-refractivity contribution in [2.75, 3.05) is 20.8 Å². The van der Waals surface area contributed by atoms with Gasteiger partial charge >= 0.3 is 0 Å². The highest BCUT2D eigenvalue weighted by atomic mass is 35.5. The molecular formula is C21H19Cl2FN2O6S. The lowest BCUT2D eigenvalue weighted by Crippen LogP contribution is -2.41. The molecule has 2 aromatic rings. The molecule has 2 aromatic carbocycles. The summed E-state index contributed by atoms with van der Waals surface area (Å²) in [5.41, 5.74) is 6.20. The molecule has 0 aliphatic carbocycles. The number of carbonyl (C=O) groups is 2. The second-order valence-corrected chi connectivity index (χ2v) is 9.74. The van der Waals surface area contributed by atoms with E-state index in [1.165, 1.54) is 19.3 Å². The Hall–Kier alpha value is -2.66. The highest BCUT2D eigenvalue weighted by Gasteiger charge is 2.39. The Bertz CT molecular complexity index is 1270. The van der Waals surface area contributed by atoms with E-state index in [4.69, 9.17) is 38.4 Å². The molecule has 1 aliphatic heterocycles. The third kappa shape index (κ3) is 4.98. The number of nitrogens with two attached hydrogens (primary N) is 1. The fraction of sp³-hybridized carbons (Fsp3) is 0.238. The number of ketones is 1. The number of hydrogen-bond acceptors (Lipinski definition) is 7. The summed E-state index contributed by atoms with van der Waals surface area (Å²) in [6.07, 6.45) is 1.12. The highest BCUT2D eigenvalue weighted by molar-refractivity contribution is 7.89. The molecule has 0 bridgehead atoms. The molecule has 176 valence electrons. The minimum absolute atomic E-state index is 0.0779. The summed E-state index contributed by atoms with van der Waals surface area (Å²) in [5.74, 6) is -2.67. The first kappa shape index (κ1) is 25.0. The van der Waals surface area contributed by atoms with Gasteiger partial charge in [0.1, 0.15) is 22.2 Å². The molecule has 1 fully saturated rings. The molecule has 1 aliphatic rings. The van der Waals surface area contributed by atoms with Crippen LogP contribution in [-0.4, -0.2) is 51.2 Å². The molecule has 1 amide bonds. The van der Waals surface area contributed by atoms with Crippen LogP contribution < -0.4 is 15.2 Å². The van der Waals surface area contributed by atoms with E-state index in [0.29, 0.717) is 26.7 Å². The predicted molar refractivity (Wildman–Crippen MR) is 120 cm³/mol. The molecule has 33 heavy (non-hydrogen) atoms. The predicted octanol–water partition coefficient (Wildman–Crippen LogP) is 3.05. The molecule has 0 saturated carbocycles. The zero-order valence-electron chi connectivity index (χ0n) is 17.5. The van der Waals surface area contributed by atoms with E-state index in [-0.39, 0.29) is 22.8 Å². The van der Waals surface area contributed by atoms with Crippen molar-refractivity contribution in [1.29, 1.82) is 0 Å². The quantitative estimate of drug-likeness (QED) is 0.607. The Labute approximate surface area is 199 Å². The van der Waals surface area contributed by atoms with Gasteiger partial charge in [-0.3, -0.25) is 9.59 Å². The van der Waals surface area contributed by atoms with Gasteiger partial charge in [-0.05, 0) is 30.3 Å². The summed E-state index contributed by atoms with van der Waals surface area (Å²) in [5, 5.41) is -0.0327. The SMILES string of the molecule is COc1ccc(Cl)cc1/C=C1\CC(N)C(=O)CN(S(=O)(=O)c2cc(F)c(Cl)cc2OC)C1=O. The lowest BCUT2D eigenvalue weighted by atomic mass is 10.0. The first-order valence-electron chi connectivity index (χ1n) is 9.42. The van der Waals surface area contributed by atoms with Crippen LogP contribution in [0.15, 0.2) is 40.8 Å². The third-order valence-corrected chi connectivity index (χ3v) is 7.22. The molecule has 8 nitrogen and oxygen atoms in total. The van der Waals surface area contributed by atoms with Crippen molar-refractivity contribution in [3.63, 3.8) is 0 Å². The van der Waals surface area contributed by atoms with Crippen LogP contribution in [0.1, 0.15) is 12.0 Å². The molecule has 1 heterocycles. The maximum Gasteiger partial charge on any atom is 0.270 e. The summed E-state index contributed by atoms with van der Waals surface area (Å²) in [7, 11) is -2.17. The number of carbonyl (C=O) groups excluding carboxylic acids is 2. The fourth-order valence-electron chi connectivity index (χ4n) is 3.24. The van der Waals surface area contributed by atoms with Crippen molar-refractivity contribution in [3.05, 3.63) is 57.3 Å². The second-order valence-electron chi connectivity index (χ2n) is 7.07. The van der Waals surface area contributed by atoms with Crippen LogP contribution in [0.2, 0.25) is 10.0 Å². The maximum atomic E-state index is 14.1. The maximum absolute atomic E-state index is 14.1. The van der Waals surface area contributed by atoms with Crippen molar-refractivity contribution < 1.29 is 31.9 Å². The smallest absolute Gasteiger partial charge is 0.270 e. The summed E-state index contributed by atoms with van der Waals surface area (Å²) >= 11 is 11.8. The van der Waals surface area contributed by atoms with Crippen LogP contribution in [0.3, 0.4) is 0 Å². The number of sulfonamides is 1. The van der Waals surface area contributed by atoms with E-state index in [0.717, 1.165) is 13.2 Å². The third-order valence-electron chi connectivity index (χ3n) is 4.95. The normalized spacial score (nSPS) is 18.4. The minimum Gasteiger partial charge on any atom is -0.496 e. The Kier molecular flexibility index (Phi) is 7.32. The van der Waals surface area contributed by atoms with Gasteiger partial charge in [0.05, 0.1) is 31.8 Å². The van der Waals surface area contributed by atoms with Gasteiger partial charge in [0, 0.05) is 28.6 Å². The molecule has 2 N–H and O–H groups in total. The Morgan fingerprint density at radius 1 is 1.12 bits per heavy atom. The average Bonchev–Trinajstić information content (AvgIpc) is 2.87. The van der Waals surface area contributed by atoms with Crippen molar-refractivity contribution in [1.82, 2.24) is 4.31 Å². The number of Topliss-reactive ketones (excluding diaryl/α,β-unsaturated/α-hetero) is 1. The van der Waals surface area contributed by atoms with Crippen molar-refractivity contribution in [3.8, 4) is 11.5 Å². The number of halogens is 3. The van der Waals surface area contributed by atoms with E-state index in [9.17, 15) is 22.4 Å². The van der Waals surface area contributed by atoms with Gasteiger partial charge in [-0.1, -0.05) is 23.2 Å². The summed E-state index contributed by atoms with van der Waals surface area (Å²) in [6, 6.07) is 5.10. The van der Waals surface area contributed by atoms with Gasteiger partial charge in [-0.2, -0.15) is 0 Å². The number of ether oxygens (including phenoxy) is 2. The number of amides is 1. The molecule has 1 atom stereocenters. The van der Waals surface area contributed by atoms with Crippen LogP contribution in [0.4, 0.5) is 4.39 Å². The summed E-state index contributed by atoms with van der Waals surface area (Å²) in [4.78, 5) is 25.2. The molecule has 1 saturated heterocycles. The number of rotatable bonds is 5. The molecule has 0 spiro atoms. The standard InChI is InChI=1S/C21H19Cl2FN2O6S/c1-31-18-4-3-13(22)6-11(18)5-12-7-16(25)17(27)10-26(21(12)28)33(29,30)20-9-15(24)14(23)8-19(20)32-2/h3-6,8-9,16H,7,10,25H2,1-2H3/b12-5+. The number of benzene rings is 2. The van der Waals surface area contributed by atoms with Gasteiger partial charge in [-0.25, -0.2) is 17.1 Å². The fourth-order valence-corrected chi connectivity index (χ4v) is 5.09. The first-order valence-corrected chi connectivity index (χ1v) is 11.6. The Balaban J connectivity index is 2.17. The molecule has 0 aromatic heterocycles. The molecule has 1 unspecified atom stereocenters. The number of nitrogens with zero attached hydrogens (tertiary/aromatic N) is 1. The minimum atomic E-state index is -4.74. The largest absolute Gasteiger partial charge is 0.496 e. The van der Waals surface area contributed by atoms with Crippen molar-refractivity contribution >= 4 is 51.0 Å². The number of hydrogen-bond donors (Lipinski definition) is 1. The second kappa shape index (κ2) is 9.68. The van der Waals surface area contributed by atoms with Crippen molar-refractivity contribution in [2.24, 2.45) is 5.73 Å². The summed E-state index contributed by atoms with van der Waals surface area (Å²) < 4.78 is 51.5. The Morgan fingerprint density at radius 3 is 2.42 bits per heavy atom. The van der Waals surface area contributed by atoms with E-state index in [1.54, 1.807) is 12.1 Å². The average molecular weight is 517 g/mol. The molecule has 0 radical (unpaired) electrons. The van der Waals surface area contributed by atoms with E-state index < -0.39 is 45.0 Å². The van der Waals surface area contributed by atoms with Crippen LogP contribution >= 0.6 is 23.2 Å². The van der Waals surface area contributed by atoms with Gasteiger partial charge < -0.3 is 15.2 Å². The highest BCUT2D eigenvalue weighted by Crippen LogP contribution is 2.34. The van der Waals surface area contributed by atoms with Crippen LogP contribution in [-0.2, 0) is 19.6 Å². The van der Waals surface area contributed by atoms with Gasteiger partial charge in [0.25, 0.3) is 15.9 Å².